The Bertz CT molecular complexity index is 381. The van der Waals surface area contributed by atoms with E-state index in [2.05, 4.69) is 27.4 Å². The fourth-order valence-electron chi connectivity index (χ4n) is 3.48. The van der Waals surface area contributed by atoms with Crippen molar-refractivity contribution in [2.75, 3.05) is 79.3 Å². The summed E-state index contributed by atoms with van der Waals surface area (Å²) < 4.78 is 10.6. The number of hydrogen-bond donors (Lipinski definition) is 2. The summed E-state index contributed by atoms with van der Waals surface area (Å²) in [5, 5.41) is 6.85. The Morgan fingerprint density at radius 3 is 2.73 bits per heavy atom. The van der Waals surface area contributed by atoms with Gasteiger partial charge in [-0.15, -0.1) is 24.0 Å². The number of likely N-dealkylation sites (tertiary alicyclic amines) is 1. The van der Waals surface area contributed by atoms with Gasteiger partial charge in [0.05, 0.1) is 26.4 Å². The molecule has 2 heterocycles. The van der Waals surface area contributed by atoms with Crippen molar-refractivity contribution in [2.24, 2.45) is 4.99 Å². The molecule has 26 heavy (non-hydrogen) atoms. The van der Waals surface area contributed by atoms with Crippen molar-refractivity contribution in [3.63, 3.8) is 0 Å². The van der Waals surface area contributed by atoms with E-state index in [9.17, 15) is 0 Å². The van der Waals surface area contributed by atoms with Crippen LogP contribution >= 0.6 is 24.0 Å². The van der Waals surface area contributed by atoms with Crippen LogP contribution in [-0.2, 0) is 9.47 Å². The van der Waals surface area contributed by atoms with Crippen LogP contribution in [0.4, 0.5) is 0 Å². The van der Waals surface area contributed by atoms with Gasteiger partial charge >= 0.3 is 0 Å². The predicted octanol–water partition coefficient (Wildman–Crippen LogP) is 0.993. The van der Waals surface area contributed by atoms with Crippen molar-refractivity contribution in [3.8, 4) is 0 Å². The van der Waals surface area contributed by atoms with Crippen LogP contribution < -0.4 is 10.6 Å². The lowest BCUT2D eigenvalue weighted by Gasteiger charge is -2.26. The summed E-state index contributed by atoms with van der Waals surface area (Å²) in [6.07, 6.45) is 3.64. The smallest absolute Gasteiger partial charge is 0.191 e. The SMILES string of the molecule is CCNC(=NCC1CCCN1CCOC)NCCCN1CCOCC1.I. The Balaban J connectivity index is 0.00000338. The third-order valence-corrected chi connectivity index (χ3v) is 4.93. The number of guanidine groups is 1. The van der Waals surface area contributed by atoms with Crippen LogP contribution in [0.25, 0.3) is 0 Å². The van der Waals surface area contributed by atoms with Gasteiger partial charge in [-0.1, -0.05) is 0 Å². The van der Waals surface area contributed by atoms with Crippen molar-refractivity contribution in [1.29, 1.82) is 0 Å². The number of ether oxygens (including phenoxy) is 2. The molecule has 2 fully saturated rings. The second-order valence-electron chi connectivity index (χ2n) is 6.78. The van der Waals surface area contributed by atoms with Gasteiger partial charge in [0, 0.05) is 45.9 Å². The number of halogens is 1. The maximum atomic E-state index is 5.39. The lowest BCUT2D eigenvalue weighted by Crippen LogP contribution is -2.41. The third-order valence-electron chi connectivity index (χ3n) is 4.93. The van der Waals surface area contributed by atoms with E-state index in [1.165, 1.54) is 19.4 Å². The number of nitrogens with zero attached hydrogens (tertiary/aromatic N) is 3. The molecule has 1 unspecified atom stereocenters. The van der Waals surface area contributed by atoms with Gasteiger partial charge in [0.15, 0.2) is 5.96 Å². The van der Waals surface area contributed by atoms with Crippen molar-refractivity contribution < 1.29 is 9.47 Å². The molecule has 8 heteroatoms. The van der Waals surface area contributed by atoms with Gasteiger partial charge in [-0.05, 0) is 39.3 Å². The Hall–Kier alpha value is -0.160. The molecule has 0 amide bonds. The second-order valence-corrected chi connectivity index (χ2v) is 6.78. The first-order valence-electron chi connectivity index (χ1n) is 9.88. The average Bonchev–Trinajstić information content (AvgIpc) is 3.09. The zero-order valence-corrected chi connectivity index (χ0v) is 18.9. The number of nitrogens with one attached hydrogen (secondary N) is 2. The topological polar surface area (TPSA) is 61.4 Å². The standard InChI is InChI=1S/C18H37N5O2.HI/c1-3-19-18(20-7-5-8-22-10-14-25-15-11-22)21-16-17-6-4-9-23(17)12-13-24-2;/h17H,3-16H2,1-2H3,(H2,19,20,21);1H. The van der Waals surface area contributed by atoms with Gasteiger partial charge in [-0.25, -0.2) is 0 Å². The van der Waals surface area contributed by atoms with Crippen molar-refractivity contribution >= 4 is 29.9 Å². The largest absolute Gasteiger partial charge is 0.383 e. The molecule has 0 aromatic carbocycles. The highest BCUT2D eigenvalue weighted by molar-refractivity contribution is 14.0. The fourth-order valence-corrected chi connectivity index (χ4v) is 3.48. The van der Waals surface area contributed by atoms with Crippen LogP contribution in [0.3, 0.4) is 0 Å². The van der Waals surface area contributed by atoms with Crippen LogP contribution in [0.1, 0.15) is 26.2 Å². The Kier molecular flexibility index (Phi) is 13.6. The lowest BCUT2D eigenvalue weighted by molar-refractivity contribution is 0.0376. The number of rotatable bonds is 10. The zero-order valence-electron chi connectivity index (χ0n) is 16.5. The molecule has 0 spiro atoms. The Morgan fingerprint density at radius 1 is 1.19 bits per heavy atom. The molecule has 2 rings (SSSR count). The van der Waals surface area contributed by atoms with Gasteiger partial charge in [0.1, 0.15) is 0 Å². The van der Waals surface area contributed by atoms with E-state index >= 15 is 0 Å². The monoisotopic (exact) mass is 483 g/mol. The first kappa shape index (κ1) is 23.9. The van der Waals surface area contributed by atoms with Gasteiger partial charge < -0.3 is 20.1 Å². The molecule has 0 saturated carbocycles. The summed E-state index contributed by atoms with van der Waals surface area (Å²) in [6.45, 7) is 12.8. The predicted molar refractivity (Wildman–Crippen MR) is 118 cm³/mol. The third kappa shape index (κ3) is 9.16. The van der Waals surface area contributed by atoms with Crippen molar-refractivity contribution in [2.45, 2.75) is 32.2 Å². The summed E-state index contributed by atoms with van der Waals surface area (Å²) in [4.78, 5) is 9.80. The summed E-state index contributed by atoms with van der Waals surface area (Å²) in [7, 11) is 1.77. The van der Waals surface area contributed by atoms with E-state index in [4.69, 9.17) is 14.5 Å². The van der Waals surface area contributed by atoms with Crippen molar-refractivity contribution in [1.82, 2.24) is 20.4 Å². The minimum atomic E-state index is 0. The van der Waals surface area contributed by atoms with Crippen LogP contribution in [0.15, 0.2) is 4.99 Å². The molecule has 1 atom stereocenters. The van der Waals surface area contributed by atoms with Gasteiger partial charge in [0.2, 0.25) is 0 Å². The van der Waals surface area contributed by atoms with E-state index in [1.54, 1.807) is 7.11 Å². The number of hydrogen-bond acceptors (Lipinski definition) is 5. The molecule has 0 radical (unpaired) electrons. The lowest BCUT2D eigenvalue weighted by atomic mass is 10.2. The minimum Gasteiger partial charge on any atom is -0.383 e. The zero-order chi connectivity index (χ0) is 17.7. The molecule has 154 valence electrons. The number of morpholine rings is 1. The quantitative estimate of drug-likeness (QED) is 0.209. The molecular weight excluding hydrogens is 445 g/mol. The molecular formula is C18H38IN5O2. The maximum absolute atomic E-state index is 5.39. The normalized spacial score (nSPS) is 22.2. The highest BCUT2D eigenvalue weighted by Gasteiger charge is 2.23. The molecule has 2 aliphatic rings. The van der Waals surface area contributed by atoms with Crippen LogP contribution in [0, 0.1) is 0 Å². The first-order valence-corrected chi connectivity index (χ1v) is 9.88. The van der Waals surface area contributed by atoms with E-state index in [-0.39, 0.29) is 24.0 Å². The number of aliphatic imine (C=N–C) groups is 1. The van der Waals surface area contributed by atoms with Crippen LogP contribution in [0.2, 0.25) is 0 Å². The highest BCUT2D eigenvalue weighted by Crippen LogP contribution is 2.16. The highest BCUT2D eigenvalue weighted by atomic mass is 127. The van der Waals surface area contributed by atoms with E-state index < -0.39 is 0 Å². The summed E-state index contributed by atoms with van der Waals surface area (Å²) >= 11 is 0. The van der Waals surface area contributed by atoms with E-state index in [0.29, 0.717) is 6.04 Å². The second kappa shape index (κ2) is 14.8. The van der Waals surface area contributed by atoms with Gasteiger partial charge in [-0.3, -0.25) is 14.8 Å². The molecule has 2 N–H and O–H groups in total. The molecule has 0 aromatic heterocycles. The first-order chi connectivity index (χ1) is 12.3. The summed E-state index contributed by atoms with van der Waals surface area (Å²) in [6, 6.07) is 0.555. The molecule has 0 aromatic rings. The average molecular weight is 483 g/mol. The number of methoxy groups -OCH3 is 1. The molecule has 2 aliphatic heterocycles. The van der Waals surface area contributed by atoms with Crippen LogP contribution in [-0.4, -0.2) is 101 Å². The summed E-state index contributed by atoms with van der Waals surface area (Å²) in [5.41, 5.74) is 0. The minimum absolute atomic E-state index is 0. The molecule has 0 bridgehead atoms. The van der Waals surface area contributed by atoms with Crippen LogP contribution in [0.5, 0.6) is 0 Å². The van der Waals surface area contributed by atoms with E-state index in [1.807, 2.05) is 0 Å². The molecule has 2 saturated heterocycles. The van der Waals surface area contributed by atoms with Gasteiger partial charge in [0.25, 0.3) is 0 Å². The van der Waals surface area contributed by atoms with Crippen molar-refractivity contribution in [3.05, 3.63) is 0 Å². The van der Waals surface area contributed by atoms with E-state index in [0.717, 1.165) is 78.0 Å². The molecule has 0 aliphatic carbocycles. The Morgan fingerprint density at radius 2 is 2.00 bits per heavy atom. The summed E-state index contributed by atoms with van der Waals surface area (Å²) in [5.74, 6) is 0.947. The fraction of sp³-hybridized carbons (Fsp3) is 0.944. The molecule has 7 nitrogen and oxygen atoms in total. The Labute approximate surface area is 176 Å². The van der Waals surface area contributed by atoms with Gasteiger partial charge in [-0.2, -0.15) is 0 Å². The maximum Gasteiger partial charge on any atom is 0.191 e.